The highest BCUT2D eigenvalue weighted by atomic mass is 19.1. The molecule has 7 heteroatoms. The summed E-state index contributed by atoms with van der Waals surface area (Å²) in [5, 5.41) is 2.94. The number of aromatic amines is 1. The van der Waals surface area contributed by atoms with Crippen molar-refractivity contribution in [1.82, 2.24) is 14.8 Å². The lowest BCUT2D eigenvalue weighted by Gasteiger charge is -2.36. The van der Waals surface area contributed by atoms with E-state index in [0.29, 0.717) is 22.9 Å². The number of fused-ring (bicyclic) bond motifs is 1. The van der Waals surface area contributed by atoms with E-state index in [1.54, 1.807) is 6.07 Å². The van der Waals surface area contributed by atoms with E-state index in [2.05, 4.69) is 15.2 Å². The number of anilines is 1. The fourth-order valence-electron chi connectivity index (χ4n) is 6.23. The van der Waals surface area contributed by atoms with Crippen molar-refractivity contribution in [3.05, 3.63) is 76.9 Å². The van der Waals surface area contributed by atoms with Crippen LogP contribution in [0.25, 0.3) is 22.8 Å². The zero-order valence-electron chi connectivity index (χ0n) is 21.7. The third-order valence-corrected chi connectivity index (χ3v) is 8.14. The third-order valence-electron chi connectivity index (χ3n) is 8.14. The van der Waals surface area contributed by atoms with E-state index in [1.165, 1.54) is 38.1 Å². The number of H-pyrrole nitrogens is 1. The van der Waals surface area contributed by atoms with Gasteiger partial charge in [-0.1, -0.05) is 24.3 Å². The Bertz CT molecular complexity index is 1410. The number of carbonyl (C=O) groups is 2. The van der Waals surface area contributed by atoms with Gasteiger partial charge in [0.1, 0.15) is 5.82 Å². The quantitative estimate of drug-likeness (QED) is 0.459. The number of likely N-dealkylation sites (tertiary alicyclic amines) is 2. The Morgan fingerprint density at radius 3 is 2.58 bits per heavy atom. The van der Waals surface area contributed by atoms with Crippen LogP contribution in [-0.4, -0.2) is 58.8 Å². The van der Waals surface area contributed by atoms with Crippen molar-refractivity contribution in [1.29, 1.82) is 0 Å². The summed E-state index contributed by atoms with van der Waals surface area (Å²) in [5.74, 6) is -0.411. The third kappa shape index (κ3) is 4.78. The number of aryl methyl sites for hydroxylation is 1. The summed E-state index contributed by atoms with van der Waals surface area (Å²) in [5.41, 5.74) is 6.02. The minimum Gasteiger partial charge on any atom is -0.359 e. The predicted molar refractivity (Wildman–Crippen MR) is 148 cm³/mol. The van der Waals surface area contributed by atoms with Crippen LogP contribution < -0.4 is 5.32 Å². The van der Waals surface area contributed by atoms with Gasteiger partial charge in [0.2, 0.25) is 5.91 Å². The predicted octanol–water partition coefficient (Wildman–Crippen LogP) is 5.25. The summed E-state index contributed by atoms with van der Waals surface area (Å²) < 4.78 is 14.0. The lowest BCUT2D eigenvalue weighted by Crippen LogP contribution is -2.46. The molecule has 0 saturated carbocycles. The van der Waals surface area contributed by atoms with Gasteiger partial charge in [-0.3, -0.25) is 9.59 Å². The topological polar surface area (TPSA) is 68.4 Å². The molecule has 2 saturated heterocycles. The van der Waals surface area contributed by atoms with Crippen LogP contribution in [0, 0.1) is 12.7 Å². The van der Waals surface area contributed by atoms with Crippen LogP contribution in [0.1, 0.15) is 48.2 Å². The van der Waals surface area contributed by atoms with Crippen molar-refractivity contribution in [2.75, 3.05) is 31.5 Å². The van der Waals surface area contributed by atoms with Crippen LogP contribution in [0.3, 0.4) is 0 Å². The van der Waals surface area contributed by atoms with Gasteiger partial charge < -0.3 is 20.1 Å². The van der Waals surface area contributed by atoms with Crippen molar-refractivity contribution < 1.29 is 14.0 Å². The van der Waals surface area contributed by atoms with Crippen LogP contribution in [0.4, 0.5) is 10.1 Å². The fraction of sp³-hybridized carbons (Fsp3) is 0.355. The van der Waals surface area contributed by atoms with E-state index in [4.69, 9.17) is 0 Å². The molecule has 0 bridgehead atoms. The van der Waals surface area contributed by atoms with E-state index in [1.807, 2.05) is 48.2 Å². The second kappa shape index (κ2) is 10.2. The van der Waals surface area contributed by atoms with Gasteiger partial charge in [-0.2, -0.15) is 0 Å². The van der Waals surface area contributed by atoms with E-state index >= 15 is 0 Å². The minimum absolute atomic E-state index is 0.125. The molecule has 196 valence electrons. The first-order chi connectivity index (χ1) is 18.5. The van der Waals surface area contributed by atoms with Crippen molar-refractivity contribution >= 4 is 29.2 Å². The SMILES string of the molecule is Cc1cc(CC(=O)N2CCC(N3CCCC3)CC2)c(/C=C2\C(=O)Nc3cccc(-c4cccc(F)c4)c32)[nH]1. The van der Waals surface area contributed by atoms with Gasteiger partial charge in [-0.25, -0.2) is 4.39 Å². The van der Waals surface area contributed by atoms with Gasteiger partial charge in [0.15, 0.2) is 0 Å². The fourth-order valence-corrected chi connectivity index (χ4v) is 6.23. The second-order valence-electron chi connectivity index (χ2n) is 10.7. The molecule has 38 heavy (non-hydrogen) atoms. The van der Waals surface area contributed by atoms with Gasteiger partial charge in [0.25, 0.3) is 5.91 Å². The Balaban J connectivity index is 1.25. The average Bonchev–Trinajstić information content (AvgIpc) is 3.64. The van der Waals surface area contributed by atoms with Crippen LogP contribution in [0.2, 0.25) is 0 Å². The van der Waals surface area contributed by atoms with Gasteiger partial charge in [-0.15, -0.1) is 0 Å². The molecule has 0 unspecified atom stereocenters. The number of hydrogen-bond acceptors (Lipinski definition) is 3. The molecule has 0 atom stereocenters. The molecule has 0 radical (unpaired) electrons. The number of hydrogen-bond donors (Lipinski definition) is 2. The first kappa shape index (κ1) is 24.6. The zero-order valence-corrected chi connectivity index (χ0v) is 21.7. The number of carbonyl (C=O) groups excluding carboxylic acids is 2. The summed E-state index contributed by atoms with van der Waals surface area (Å²) in [4.78, 5) is 34.3. The number of aromatic nitrogens is 1. The highest BCUT2D eigenvalue weighted by Gasteiger charge is 2.30. The Morgan fingerprint density at radius 1 is 1.05 bits per heavy atom. The summed E-state index contributed by atoms with van der Waals surface area (Å²) in [7, 11) is 0. The maximum absolute atomic E-state index is 14.0. The van der Waals surface area contributed by atoms with Gasteiger partial charge >= 0.3 is 0 Å². The summed E-state index contributed by atoms with van der Waals surface area (Å²) in [6.07, 6.45) is 6.77. The molecular formula is C31H33FN4O2. The minimum atomic E-state index is -0.326. The molecule has 2 amide bonds. The van der Waals surface area contributed by atoms with E-state index in [-0.39, 0.29) is 24.1 Å². The standard InChI is InChI=1S/C31H33FN4O2/c1-20-16-22(18-29(37)36-14-10-24(11-15-36)35-12-2-3-13-35)28(33-20)19-26-30-25(21-6-4-7-23(32)17-21)8-5-9-27(30)34-31(26)38/h4-9,16-17,19,24,33H,2-3,10-15,18H2,1H3,(H,34,38)/b26-19-. The maximum Gasteiger partial charge on any atom is 0.256 e. The normalized spacial score (nSPS) is 19.3. The first-order valence-corrected chi connectivity index (χ1v) is 13.6. The van der Waals surface area contributed by atoms with Gasteiger partial charge in [0, 0.05) is 41.8 Å². The molecule has 3 aliphatic rings. The summed E-state index contributed by atoms with van der Waals surface area (Å²) >= 11 is 0. The largest absolute Gasteiger partial charge is 0.359 e. The molecule has 6 rings (SSSR count). The maximum atomic E-state index is 14.0. The average molecular weight is 513 g/mol. The number of nitrogens with one attached hydrogen (secondary N) is 2. The number of amides is 2. The zero-order chi connectivity index (χ0) is 26.2. The molecule has 2 N–H and O–H groups in total. The molecule has 1 aromatic heterocycles. The molecule has 2 fully saturated rings. The Labute approximate surface area is 222 Å². The van der Waals surface area contributed by atoms with Crippen LogP contribution in [0.15, 0.2) is 48.5 Å². The van der Waals surface area contributed by atoms with Gasteiger partial charge in [-0.05, 0) is 92.7 Å². The van der Waals surface area contributed by atoms with Crippen molar-refractivity contribution in [3.8, 4) is 11.1 Å². The monoisotopic (exact) mass is 512 g/mol. The van der Waals surface area contributed by atoms with E-state index < -0.39 is 0 Å². The molecule has 0 spiro atoms. The number of halogens is 1. The summed E-state index contributed by atoms with van der Waals surface area (Å²) in [6, 6.07) is 14.6. The molecule has 4 heterocycles. The molecular weight excluding hydrogens is 479 g/mol. The van der Waals surface area contributed by atoms with Crippen molar-refractivity contribution in [3.63, 3.8) is 0 Å². The Kier molecular flexibility index (Phi) is 6.62. The molecule has 6 nitrogen and oxygen atoms in total. The molecule has 0 aliphatic carbocycles. The number of benzene rings is 2. The Morgan fingerprint density at radius 2 is 1.82 bits per heavy atom. The molecule has 3 aliphatic heterocycles. The lowest BCUT2D eigenvalue weighted by atomic mass is 9.94. The van der Waals surface area contributed by atoms with Crippen molar-refractivity contribution in [2.45, 2.75) is 45.1 Å². The molecule has 2 aromatic carbocycles. The highest BCUT2D eigenvalue weighted by Crippen LogP contribution is 2.40. The van der Waals surface area contributed by atoms with Gasteiger partial charge in [0.05, 0.1) is 12.0 Å². The van der Waals surface area contributed by atoms with E-state index in [9.17, 15) is 14.0 Å². The second-order valence-corrected chi connectivity index (χ2v) is 10.7. The van der Waals surface area contributed by atoms with Crippen LogP contribution in [0.5, 0.6) is 0 Å². The smallest absolute Gasteiger partial charge is 0.256 e. The number of piperidine rings is 1. The number of rotatable bonds is 5. The first-order valence-electron chi connectivity index (χ1n) is 13.6. The lowest BCUT2D eigenvalue weighted by molar-refractivity contribution is -0.132. The number of nitrogens with zero attached hydrogens (tertiary/aromatic N) is 2. The van der Waals surface area contributed by atoms with Crippen LogP contribution in [-0.2, 0) is 16.0 Å². The summed E-state index contributed by atoms with van der Waals surface area (Å²) in [6.45, 7) is 5.94. The molecule has 3 aromatic rings. The Hall–Kier alpha value is -3.71. The van der Waals surface area contributed by atoms with Crippen LogP contribution >= 0.6 is 0 Å². The highest BCUT2D eigenvalue weighted by molar-refractivity contribution is 6.36. The van der Waals surface area contributed by atoms with E-state index in [0.717, 1.165) is 54.0 Å². The van der Waals surface area contributed by atoms with Crippen molar-refractivity contribution in [2.24, 2.45) is 0 Å².